The molecule has 30 heavy (non-hydrogen) atoms. The van der Waals surface area contributed by atoms with Crippen molar-refractivity contribution < 1.29 is 34.8 Å². The fourth-order valence-electron chi connectivity index (χ4n) is 2.22. The standard InChI is InChI=1S/C16H19ClI3N3O7/c1-6(28)21-14-12(19)9(15(29)22-7(2-24)3-25)11(18)10(13(14)20)16(30)23(17)8(4-26)5-27/h7-8,24-27H,2-5H2,1H3,(H,21,28)(H,22,29). The van der Waals surface area contributed by atoms with Crippen molar-refractivity contribution in [3.05, 3.63) is 21.8 Å². The van der Waals surface area contributed by atoms with Crippen molar-refractivity contribution in [2.24, 2.45) is 0 Å². The number of carbonyl (C=O) groups is 3. The van der Waals surface area contributed by atoms with Gasteiger partial charge in [-0.05, 0) is 67.8 Å². The van der Waals surface area contributed by atoms with Crippen LogP contribution in [-0.4, -0.2) is 81.1 Å². The second-order valence-corrected chi connectivity index (χ2v) is 9.52. The highest BCUT2D eigenvalue weighted by Gasteiger charge is 2.32. The number of rotatable bonds is 9. The maximum absolute atomic E-state index is 13.0. The Morgan fingerprint density at radius 2 is 1.43 bits per heavy atom. The smallest absolute Gasteiger partial charge is 0.270 e. The maximum Gasteiger partial charge on any atom is 0.270 e. The summed E-state index contributed by atoms with van der Waals surface area (Å²) in [4.78, 5) is 37.6. The molecule has 0 radical (unpaired) electrons. The minimum absolute atomic E-state index is 0.0167. The molecule has 0 atom stereocenters. The van der Waals surface area contributed by atoms with Crippen molar-refractivity contribution in [3.63, 3.8) is 0 Å². The lowest BCUT2D eigenvalue weighted by Crippen LogP contribution is -2.42. The number of aliphatic hydroxyl groups excluding tert-OH is 4. The van der Waals surface area contributed by atoms with E-state index in [2.05, 4.69) is 10.6 Å². The first-order chi connectivity index (χ1) is 14.0. The summed E-state index contributed by atoms with van der Waals surface area (Å²) < 4.78 is 1.48. The van der Waals surface area contributed by atoms with E-state index in [9.17, 15) is 34.8 Å². The van der Waals surface area contributed by atoms with Gasteiger partial charge in [0, 0.05) is 22.3 Å². The second-order valence-electron chi connectivity index (χ2n) is 5.92. The summed E-state index contributed by atoms with van der Waals surface area (Å²) in [7, 11) is 0. The van der Waals surface area contributed by atoms with Crippen LogP contribution in [0.15, 0.2) is 0 Å². The number of hydrogen-bond acceptors (Lipinski definition) is 7. The van der Waals surface area contributed by atoms with Crippen LogP contribution in [0.1, 0.15) is 27.6 Å². The Hall–Kier alpha value is -0.0500. The Labute approximate surface area is 218 Å². The molecule has 0 aliphatic heterocycles. The van der Waals surface area contributed by atoms with Crippen molar-refractivity contribution in [1.29, 1.82) is 0 Å². The van der Waals surface area contributed by atoms with Gasteiger partial charge in [-0.1, -0.05) is 0 Å². The molecule has 0 bridgehead atoms. The molecule has 3 amide bonds. The fourth-order valence-corrected chi connectivity index (χ4v) is 6.81. The van der Waals surface area contributed by atoms with Gasteiger partial charge in [-0.15, -0.1) is 0 Å². The third-order valence-electron chi connectivity index (χ3n) is 3.77. The number of hydrogen-bond donors (Lipinski definition) is 6. The lowest BCUT2D eigenvalue weighted by atomic mass is 10.1. The lowest BCUT2D eigenvalue weighted by Gasteiger charge is -2.25. The molecule has 0 aromatic heterocycles. The Kier molecular flexibility index (Phi) is 12.0. The van der Waals surface area contributed by atoms with Crippen molar-refractivity contribution in [3.8, 4) is 0 Å². The molecule has 0 heterocycles. The molecule has 10 nitrogen and oxygen atoms in total. The van der Waals surface area contributed by atoms with Gasteiger partial charge in [-0.25, -0.2) is 4.42 Å². The van der Waals surface area contributed by atoms with Gasteiger partial charge in [-0.3, -0.25) is 14.4 Å². The number of aliphatic hydroxyl groups is 4. The molecular formula is C16H19ClI3N3O7. The quantitative estimate of drug-likeness (QED) is 0.157. The zero-order valence-corrected chi connectivity index (χ0v) is 22.7. The number of nitrogens with zero attached hydrogens (tertiary/aromatic N) is 1. The largest absolute Gasteiger partial charge is 0.394 e. The summed E-state index contributed by atoms with van der Waals surface area (Å²) in [5.41, 5.74) is 0.221. The fraction of sp³-hybridized carbons (Fsp3) is 0.438. The van der Waals surface area contributed by atoms with Gasteiger partial charge in [0.2, 0.25) is 5.91 Å². The Bertz CT molecular complexity index is 820. The normalized spacial score (nSPS) is 11.0. The summed E-state index contributed by atoms with van der Waals surface area (Å²) in [6.07, 6.45) is 0. The zero-order chi connectivity index (χ0) is 23.2. The van der Waals surface area contributed by atoms with Crippen molar-refractivity contribution in [1.82, 2.24) is 9.74 Å². The summed E-state index contributed by atoms with van der Waals surface area (Å²) in [6, 6.07) is -2.01. The van der Waals surface area contributed by atoms with Crippen LogP contribution in [0.4, 0.5) is 5.69 Å². The summed E-state index contributed by atoms with van der Waals surface area (Å²) in [5, 5.41) is 42.2. The summed E-state index contributed by atoms with van der Waals surface area (Å²) in [6.45, 7) is -0.934. The van der Waals surface area contributed by atoms with E-state index in [-0.39, 0.29) is 20.4 Å². The van der Waals surface area contributed by atoms with E-state index in [0.29, 0.717) is 11.6 Å². The van der Waals surface area contributed by atoms with Crippen LogP contribution in [0.2, 0.25) is 0 Å². The summed E-state index contributed by atoms with van der Waals surface area (Å²) >= 11 is 11.5. The van der Waals surface area contributed by atoms with Gasteiger partial charge in [0.05, 0.1) is 62.5 Å². The van der Waals surface area contributed by atoms with Crippen molar-refractivity contribution in [2.45, 2.75) is 19.0 Å². The predicted molar refractivity (Wildman–Crippen MR) is 134 cm³/mol. The number of nitrogens with one attached hydrogen (secondary N) is 2. The monoisotopic (exact) mass is 781 g/mol. The van der Waals surface area contributed by atoms with E-state index in [4.69, 9.17) is 11.8 Å². The minimum Gasteiger partial charge on any atom is -0.394 e. The first kappa shape index (κ1) is 28.0. The van der Waals surface area contributed by atoms with Crippen LogP contribution in [0, 0.1) is 10.7 Å². The number of carbonyl (C=O) groups excluding carboxylic acids is 3. The molecule has 6 N–H and O–H groups in total. The molecule has 1 aromatic rings. The molecule has 168 valence electrons. The highest BCUT2D eigenvalue weighted by atomic mass is 127. The Morgan fingerprint density at radius 3 is 1.87 bits per heavy atom. The van der Waals surface area contributed by atoms with Gasteiger partial charge in [0.1, 0.15) is 0 Å². The van der Waals surface area contributed by atoms with Crippen LogP contribution >= 0.6 is 79.5 Å². The van der Waals surface area contributed by atoms with Gasteiger partial charge < -0.3 is 31.1 Å². The average Bonchev–Trinajstić information content (AvgIpc) is 2.69. The molecule has 1 rings (SSSR count). The molecule has 0 aliphatic rings. The first-order valence-electron chi connectivity index (χ1n) is 8.27. The first-order valence-corrected chi connectivity index (χ1v) is 11.8. The molecular weight excluding hydrogens is 762 g/mol. The lowest BCUT2D eigenvalue weighted by molar-refractivity contribution is -0.114. The van der Waals surface area contributed by atoms with Gasteiger partial charge in [-0.2, -0.15) is 0 Å². The van der Waals surface area contributed by atoms with E-state index in [0.717, 1.165) is 0 Å². The average molecular weight is 782 g/mol. The topological polar surface area (TPSA) is 159 Å². The van der Waals surface area contributed by atoms with Crippen LogP contribution < -0.4 is 10.6 Å². The van der Waals surface area contributed by atoms with E-state index in [1.807, 2.05) is 45.2 Å². The van der Waals surface area contributed by atoms with Gasteiger partial charge in [0.25, 0.3) is 11.8 Å². The maximum atomic E-state index is 13.0. The Morgan fingerprint density at radius 1 is 0.933 bits per heavy atom. The number of amides is 3. The van der Waals surface area contributed by atoms with Crippen LogP contribution in [0.3, 0.4) is 0 Å². The predicted octanol–water partition coefficient (Wildman–Crippen LogP) is 0.491. The molecule has 0 unspecified atom stereocenters. The molecule has 0 fully saturated rings. The number of benzene rings is 1. The van der Waals surface area contributed by atoms with E-state index in [1.165, 1.54) is 6.92 Å². The van der Waals surface area contributed by atoms with Crippen molar-refractivity contribution in [2.75, 3.05) is 31.7 Å². The van der Waals surface area contributed by atoms with E-state index < -0.39 is 56.2 Å². The SMILES string of the molecule is CC(=O)Nc1c(I)c(C(=O)NC(CO)CO)c(I)c(C(=O)N(Cl)C(CO)CO)c1I. The van der Waals surface area contributed by atoms with Crippen molar-refractivity contribution >= 4 is 103 Å². The summed E-state index contributed by atoms with van der Waals surface area (Å²) in [5.74, 6) is -1.92. The Balaban J connectivity index is 3.71. The van der Waals surface area contributed by atoms with Crippen LogP contribution in [0.5, 0.6) is 0 Å². The molecule has 1 aromatic carbocycles. The second kappa shape index (κ2) is 12.9. The third kappa shape index (κ3) is 6.48. The van der Waals surface area contributed by atoms with Crippen LogP contribution in [0.25, 0.3) is 0 Å². The van der Waals surface area contributed by atoms with E-state index >= 15 is 0 Å². The molecule has 14 heteroatoms. The highest BCUT2D eigenvalue weighted by molar-refractivity contribution is 14.1. The van der Waals surface area contributed by atoms with Gasteiger partial charge >= 0.3 is 0 Å². The number of halogens is 4. The third-order valence-corrected chi connectivity index (χ3v) is 7.44. The molecule has 0 saturated carbocycles. The zero-order valence-electron chi connectivity index (χ0n) is 15.5. The van der Waals surface area contributed by atoms with Gasteiger partial charge in [0.15, 0.2) is 0 Å². The van der Waals surface area contributed by atoms with Crippen LogP contribution in [-0.2, 0) is 4.79 Å². The molecule has 0 spiro atoms. The van der Waals surface area contributed by atoms with E-state index in [1.54, 1.807) is 22.6 Å². The molecule has 0 saturated heterocycles. The minimum atomic E-state index is -1.08. The highest BCUT2D eigenvalue weighted by Crippen LogP contribution is 2.37. The number of anilines is 1. The molecule has 0 aliphatic carbocycles.